The second-order valence-electron chi connectivity index (χ2n) is 3.69. The van der Waals surface area contributed by atoms with E-state index in [2.05, 4.69) is 16.0 Å². The molecule has 16 heavy (non-hydrogen) atoms. The first kappa shape index (κ1) is 14.9. The van der Waals surface area contributed by atoms with Gasteiger partial charge in [0, 0.05) is 19.5 Å². The Bertz CT molecular complexity index is 185. The van der Waals surface area contributed by atoms with Crippen LogP contribution in [0.5, 0.6) is 0 Å². The van der Waals surface area contributed by atoms with Crippen molar-refractivity contribution in [3.05, 3.63) is 0 Å². The Balaban J connectivity index is 3.21. The zero-order chi connectivity index (χ0) is 12.2. The standard InChI is InChI=1S/C11H23N3O2/c1-3-6-10(15)13-7-4-5-8-14-11(16)9-12-2/h12H,3-9H2,1-2H3,(H,13,15)(H,14,16). The first-order chi connectivity index (χ1) is 7.70. The predicted octanol–water partition coefficient (Wildman–Crippen LogP) is 0.0185. The van der Waals surface area contributed by atoms with Crippen LogP contribution in [0.25, 0.3) is 0 Å². The minimum Gasteiger partial charge on any atom is -0.356 e. The third-order valence-corrected chi connectivity index (χ3v) is 2.06. The number of unbranched alkanes of at least 4 members (excludes halogenated alkanes) is 1. The number of carbonyl (C=O) groups excluding carboxylic acids is 2. The molecule has 0 aliphatic rings. The highest BCUT2D eigenvalue weighted by Gasteiger charge is 1.99. The minimum atomic E-state index is 0.0116. The van der Waals surface area contributed by atoms with Crippen molar-refractivity contribution in [2.75, 3.05) is 26.7 Å². The van der Waals surface area contributed by atoms with Crippen LogP contribution in [0.2, 0.25) is 0 Å². The summed E-state index contributed by atoms with van der Waals surface area (Å²) in [6, 6.07) is 0. The molecule has 0 heterocycles. The largest absolute Gasteiger partial charge is 0.356 e. The second kappa shape index (κ2) is 10.4. The number of rotatable bonds is 9. The summed E-state index contributed by atoms with van der Waals surface area (Å²) in [5.41, 5.74) is 0. The fraction of sp³-hybridized carbons (Fsp3) is 0.818. The van der Waals surface area contributed by atoms with Gasteiger partial charge in [-0.2, -0.15) is 0 Å². The monoisotopic (exact) mass is 229 g/mol. The van der Waals surface area contributed by atoms with Crippen LogP contribution >= 0.6 is 0 Å². The van der Waals surface area contributed by atoms with Gasteiger partial charge in [-0.3, -0.25) is 9.59 Å². The molecule has 2 amide bonds. The average Bonchev–Trinajstić information content (AvgIpc) is 2.24. The maximum atomic E-state index is 11.1. The van der Waals surface area contributed by atoms with E-state index in [-0.39, 0.29) is 11.8 Å². The van der Waals surface area contributed by atoms with Gasteiger partial charge in [-0.25, -0.2) is 0 Å². The highest BCUT2D eigenvalue weighted by molar-refractivity contribution is 5.77. The summed E-state index contributed by atoms with van der Waals surface area (Å²) >= 11 is 0. The molecule has 0 atom stereocenters. The summed E-state index contributed by atoms with van der Waals surface area (Å²) in [6.45, 7) is 3.70. The van der Waals surface area contributed by atoms with Crippen molar-refractivity contribution in [3.63, 3.8) is 0 Å². The van der Waals surface area contributed by atoms with Crippen LogP contribution in [0, 0.1) is 0 Å². The lowest BCUT2D eigenvalue weighted by atomic mass is 10.3. The first-order valence-corrected chi connectivity index (χ1v) is 5.88. The molecule has 0 saturated carbocycles. The van der Waals surface area contributed by atoms with Crippen molar-refractivity contribution < 1.29 is 9.59 Å². The summed E-state index contributed by atoms with van der Waals surface area (Å²) in [6.07, 6.45) is 3.27. The molecule has 0 aromatic carbocycles. The Kier molecular flexibility index (Phi) is 9.70. The van der Waals surface area contributed by atoms with E-state index in [9.17, 15) is 9.59 Å². The Hall–Kier alpha value is -1.10. The molecule has 0 aromatic rings. The van der Waals surface area contributed by atoms with Crippen LogP contribution in [0.1, 0.15) is 32.6 Å². The molecular formula is C11H23N3O2. The maximum absolute atomic E-state index is 11.1. The molecule has 0 fully saturated rings. The molecule has 0 rings (SSSR count). The van der Waals surface area contributed by atoms with E-state index in [1.165, 1.54) is 0 Å². The normalized spacial score (nSPS) is 9.88. The molecule has 5 heteroatoms. The first-order valence-electron chi connectivity index (χ1n) is 5.88. The lowest BCUT2D eigenvalue weighted by Gasteiger charge is -2.05. The lowest BCUT2D eigenvalue weighted by Crippen LogP contribution is -2.33. The fourth-order valence-electron chi connectivity index (χ4n) is 1.24. The molecule has 3 N–H and O–H groups in total. The van der Waals surface area contributed by atoms with Crippen LogP contribution in [-0.2, 0) is 9.59 Å². The van der Waals surface area contributed by atoms with Crippen molar-refractivity contribution in [3.8, 4) is 0 Å². The van der Waals surface area contributed by atoms with Gasteiger partial charge in [0.05, 0.1) is 6.54 Å². The van der Waals surface area contributed by atoms with E-state index < -0.39 is 0 Å². The highest BCUT2D eigenvalue weighted by Crippen LogP contribution is 1.88. The molecule has 0 aromatic heterocycles. The average molecular weight is 229 g/mol. The summed E-state index contributed by atoms with van der Waals surface area (Å²) in [4.78, 5) is 22.1. The van der Waals surface area contributed by atoms with Crippen LogP contribution < -0.4 is 16.0 Å². The predicted molar refractivity (Wildman–Crippen MR) is 64.1 cm³/mol. The SMILES string of the molecule is CCCC(=O)NCCCCNC(=O)CNC. The topological polar surface area (TPSA) is 70.2 Å². The summed E-state index contributed by atoms with van der Waals surface area (Å²) in [5.74, 6) is 0.124. The van der Waals surface area contributed by atoms with Crippen molar-refractivity contribution in [2.24, 2.45) is 0 Å². The molecule has 0 bridgehead atoms. The van der Waals surface area contributed by atoms with Gasteiger partial charge in [0.2, 0.25) is 11.8 Å². The smallest absolute Gasteiger partial charge is 0.233 e. The maximum Gasteiger partial charge on any atom is 0.233 e. The van der Waals surface area contributed by atoms with Crippen molar-refractivity contribution in [2.45, 2.75) is 32.6 Å². The Labute approximate surface area is 97.4 Å². The highest BCUT2D eigenvalue weighted by atomic mass is 16.2. The third-order valence-electron chi connectivity index (χ3n) is 2.06. The van der Waals surface area contributed by atoms with Crippen LogP contribution in [0.15, 0.2) is 0 Å². The molecule has 0 radical (unpaired) electrons. The number of nitrogens with one attached hydrogen (secondary N) is 3. The Morgan fingerprint density at radius 3 is 2.06 bits per heavy atom. The zero-order valence-electron chi connectivity index (χ0n) is 10.3. The second-order valence-corrected chi connectivity index (χ2v) is 3.69. The van der Waals surface area contributed by atoms with Gasteiger partial charge in [-0.05, 0) is 26.3 Å². The molecular weight excluding hydrogens is 206 g/mol. The van der Waals surface area contributed by atoms with Crippen LogP contribution in [0.3, 0.4) is 0 Å². The number of hydrogen-bond acceptors (Lipinski definition) is 3. The quantitative estimate of drug-likeness (QED) is 0.488. The fourth-order valence-corrected chi connectivity index (χ4v) is 1.24. The molecule has 0 spiro atoms. The van der Waals surface area contributed by atoms with Gasteiger partial charge >= 0.3 is 0 Å². The molecule has 0 aliphatic carbocycles. The number of carbonyl (C=O) groups is 2. The van der Waals surface area contributed by atoms with Crippen molar-refractivity contribution in [1.82, 2.24) is 16.0 Å². The minimum absolute atomic E-state index is 0.0116. The van der Waals surface area contributed by atoms with Crippen LogP contribution in [0.4, 0.5) is 0 Å². The Morgan fingerprint density at radius 1 is 1.00 bits per heavy atom. The van der Waals surface area contributed by atoms with E-state index in [4.69, 9.17) is 0 Å². The van der Waals surface area contributed by atoms with E-state index in [1.54, 1.807) is 7.05 Å². The summed E-state index contributed by atoms with van der Waals surface area (Å²) < 4.78 is 0. The van der Waals surface area contributed by atoms with Crippen LogP contribution in [-0.4, -0.2) is 38.5 Å². The van der Waals surface area contributed by atoms with Gasteiger partial charge in [-0.1, -0.05) is 6.92 Å². The van der Waals surface area contributed by atoms with Crippen molar-refractivity contribution in [1.29, 1.82) is 0 Å². The molecule has 0 saturated heterocycles. The third kappa shape index (κ3) is 9.45. The van der Waals surface area contributed by atoms with E-state index in [0.29, 0.717) is 26.1 Å². The van der Waals surface area contributed by atoms with Crippen molar-refractivity contribution >= 4 is 11.8 Å². The van der Waals surface area contributed by atoms with Gasteiger partial charge < -0.3 is 16.0 Å². The summed E-state index contributed by atoms with van der Waals surface area (Å²) in [5, 5.41) is 8.40. The summed E-state index contributed by atoms with van der Waals surface area (Å²) in [7, 11) is 1.74. The molecule has 0 unspecified atom stereocenters. The van der Waals surface area contributed by atoms with E-state index >= 15 is 0 Å². The molecule has 5 nitrogen and oxygen atoms in total. The zero-order valence-corrected chi connectivity index (χ0v) is 10.3. The van der Waals surface area contributed by atoms with E-state index in [1.807, 2.05) is 6.92 Å². The van der Waals surface area contributed by atoms with Gasteiger partial charge in [0.15, 0.2) is 0 Å². The van der Waals surface area contributed by atoms with Gasteiger partial charge in [0.25, 0.3) is 0 Å². The number of likely N-dealkylation sites (N-methyl/N-ethyl adjacent to an activating group) is 1. The van der Waals surface area contributed by atoms with Gasteiger partial charge in [-0.15, -0.1) is 0 Å². The number of amides is 2. The number of hydrogen-bond donors (Lipinski definition) is 3. The van der Waals surface area contributed by atoms with E-state index in [0.717, 1.165) is 19.3 Å². The molecule has 0 aliphatic heterocycles. The Morgan fingerprint density at radius 2 is 1.56 bits per heavy atom. The molecule has 94 valence electrons. The van der Waals surface area contributed by atoms with Gasteiger partial charge in [0.1, 0.15) is 0 Å². The lowest BCUT2D eigenvalue weighted by molar-refractivity contribution is -0.121.